The number of carbonyl (C=O) groups excluding carboxylic acids is 2. The zero-order valence-electron chi connectivity index (χ0n) is 15.2. The normalized spacial score (nSPS) is 25.3. The van der Waals surface area contributed by atoms with E-state index in [4.69, 9.17) is 9.90 Å². The van der Waals surface area contributed by atoms with E-state index in [0.29, 0.717) is 18.2 Å². The molecule has 25 heavy (non-hydrogen) atoms. The number of likely N-dealkylation sites (tertiary alicyclic amines) is 2. The first-order chi connectivity index (χ1) is 12.1. The molecule has 7 heteroatoms. The van der Waals surface area contributed by atoms with Gasteiger partial charge in [-0.3, -0.25) is 19.3 Å². The molecule has 2 N–H and O–H groups in total. The molecule has 2 heterocycles. The summed E-state index contributed by atoms with van der Waals surface area (Å²) in [6, 6.07) is 0. The molecule has 1 aliphatic carbocycles. The third-order valence-corrected chi connectivity index (χ3v) is 5.87. The van der Waals surface area contributed by atoms with E-state index in [9.17, 15) is 9.59 Å². The minimum Gasteiger partial charge on any atom is -0.483 e. The first kappa shape index (κ1) is 19.7. The molecule has 1 unspecified atom stereocenters. The van der Waals surface area contributed by atoms with Crippen LogP contribution in [0, 0.1) is 5.92 Å². The van der Waals surface area contributed by atoms with Gasteiger partial charge < -0.3 is 15.3 Å². The summed E-state index contributed by atoms with van der Waals surface area (Å²) in [5, 5.41) is 9.58. The fourth-order valence-electron chi connectivity index (χ4n) is 4.61. The standard InChI is InChI=1S/C17H29N3O2.CH2O2/c1-18-15(21)12-14-6-11-19(13-14)16(22)17(7-2-3-8-17)20-9-4-5-10-20;2-1-3/h14H,2-13H2,1H3,(H,18,21);1H,(H,2,3). The van der Waals surface area contributed by atoms with E-state index >= 15 is 0 Å². The minimum absolute atomic E-state index is 0.0921. The maximum atomic E-state index is 13.2. The smallest absolute Gasteiger partial charge is 0.290 e. The lowest BCUT2D eigenvalue weighted by atomic mass is 9.93. The Labute approximate surface area is 149 Å². The van der Waals surface area contributed by atoms with Gasteiger partial charge in [-0.1, -0.05) is 12.8 Å². The largest absolute Gasteiger partial charge is 0.483 e. The Morgan fingerprint density at radius 1 is 1.16 bits per heavy atom. The van der Waals surface area contributed by atoms with E-state index in [2.05, 4.69) is 15.1 Å². The van der Waals surface area contributed by atoms with Crippen molar-refractivity contribution in [3.05, 3.63) is 0 Å². The molecular formula is C18H31N3O4. The Morgan fingerprint density at radius 2 is 1.76 bits per heavy atom. The van der Waals surface area contributed by atoms with Crippen molar-refractivity contribution < 1.29 is 19.5 Å². The summed E-state index contributed by atoms with van der Waals surface area (Å²) >= 11 is 0. The molecular weight excluding hydrogens is 322 g/mol. The quantitative estimate of drug-likeness (QED) is 0.738. The van der Waals surface area contributed by atoms with Crippen LogP contribution in [-0.2, 0) is 14.4 Å². The summed E-state index contributed by atoms with van der Waals surface area (Å²) < 4.78 is 0. The number of nitrogens with zero attached hydrogens (tertiary/aromatic N) is 2. The van der Waals surface area contributed by atoms with Crippen molar-refractivity contribution in [2.45, 2.75) is 56.9 Å². The molecule has 2 saturated heterocycles. The summed E-state index contributed by atoms with van der Waals surface area (Å²) in [4.78, 5) is 37.7. The molecule has 0 aromatic rings. The number of hydrogen-bond donors (Lipinski definition) is 2. The highest BCUT2D eigenvalue weighted by Gasteiger charge is 2.49. The lowest BCUT2D eigenvalue weighted by Crippen LogP contribution is -2.57. The number of nitrogens with one attached hydrogen (secondary N) is 1. The number of hydrogen-bond acceptors (Lipinski definition) is 4. The zero-order valence-corrected chi connectivity index (χ0v) is 15.2. The molecule has 0 spiro atoms. The second kappa shape index (κ2) is 9.17. The van der Waals surface area contributed by atoms with Crippen molar-refractivity contribution >= 4 is 18.3 Å². The summed E-state index contributed by atoms with van der Waals surface area (Å²) in [7, 11) is 1.68. The van der Waals surface area contributed by atoms with Crippen molar-refractivity contribution in [1.29, 1.82) is 0 Å². The number of carbonyl (C=O) groups is 3. The van der Waals surface area contributed by atoms with Gasteiger partial charge in [0.1, 0.15) is 5.54 Å². The topological polar surface area (TPSA) is 90.0 Å². The molecule has 1 saturated carbocycles. The van der Waals surface area contributed by atoms with Gasteiger partial charge in [-0.15, -0.1) is 0 Å². The van der Waals surface area contributed by atoms with E-state index < -0.39 is 0 Å². The lowest BCUT2D eigenvalue weighted by Gasteiger charge is -2.40. The van der Waals surface area contributed by atoms with Crippen molar-refractivity contribution in [2.24, 2.45) is 5.92 Å². The van der Waals surface area contributed by atoms with Gasteiger partial charge in [-0.25, -0.2) is 0 Å². The fourth-order valence-corrected chi connectivity index (χ4v) is 4.61. The fraction of sp³-hybridized carbons (Fsp3) is 0.833. The Balaban J connectivity index is 0.000000701. The Hall–Kier alpha value is -1.63. The van der Waals surface area contributed by atoms with Crippen LogP contribution in [0.4, 0.5) is 0 Å². The van der Waals surface area contributed by atoms with Crippen LogP contribution >= 0.6 is 0 Å². The van der Waals surface area contributed by atoms with Gasteiger partial charge in [-0.05, 0) is 51.1 Å². The number of amides is 2. The summed E-state index contributed by atoms with van der Waals surface area (Å²) in [6.45, 7) is 3.51. The van der Waals surface area contributed by atoms with E-state index in [1.54, 1.807) is 7.05 Å². The van der Waals surface area contributed by atoms with Gasteiger partial charge in [0.15, 0.2) is 0 Å². The van der Waals surface area contributed by atoms with Gasteiger partial charge in [0.25, 0.3) is 6.47 Å². The maximum Gasteiger partial charge on any atom is 0.290 e. The lowest BCUT2D eigenvalue weighted by molar-refractivity contribution is -0.143. The van der Waals surface area contributed by atoms with Gasteiger partial charge in [-0.2, -0.15) is 0 Å². The summed E-state index contributed by atoms with van der Waals surface area (Å²) in [5.41, 5.74) is -0.210. The van der Waals surface area contributed by atoms with E-state index in [1.807, 2.05) is 0 Å². The number of rotatable bonds is 4. The maximum absolute atomic E-state index is 13.2. The van der Waals surface area contributed by atoms with E-state index in [1.165, 1.54) is 25.7 Å². The molecule has 3 aliphatic rings. The average molecular weight is 353 g/mol. The second-order valence-electron chi connectivity index (χ2n) is 7.32. The third kappa shape index (κ3) is 4.51. The average Bonchev–Trinajstić information content (AvgIpc) is 3.35. The molecule has 142 valence electrons. The SMILES string of the molecule is CNC(=O)CC1CCN(C(=O)C2(N3CCCC3)CCCC2)C1.O=CO. The van der Waals surface area contributed by atoms with E-state index in [-0.39, 0.29) is 17.9 Å². The molecule has 3 rings (SSSR count). The molecule has 0 bridgehead atoms. The summed E-state index contributed by atoms with van der Waals surface area (Å²) in [6.07, 6.45) is 8.40. The molecule has 7 nitrogen and oxygen atoms in total. The Kier molecular flexibility index (Phi) is 7.23. The van der Waals surface area contributed by atoms with Crippen LogP contribution in [-0.4, -0.2) is 72.0 Å². The monoisotopic (exact) mass is 353 g/mol. The second-order valence-corrected chi connectivity index (χ2v) is 7.32. The Morgan fingerprint density at radius 3 is 2.32 bits per heavy atom. The van der Waals surface area contributed by atoms with Crippen molar-refractivity contribution in [2.75, 3.05) is 33.2 Å². The molecule has 2 amide bonds. The van der Waals surface area contributed by atoms with Gasteiger partial charge in [0.2, 0.25) is 11.8 Å². The molecule has 0 aromatic carbocycles. The number of carboxylic acid groups (broad SMARTS) is 1. The molecule has 1 atom stereocenters. The van der Waals surface area contributed by atoms with Gasteiger partial charge in [0.05, 0.1) is 0 Å². The van der Waals surface area contributed by atoms with Crippen LogP contribution in [0.2, 0.25) is 0 Å². The van der Waals surface area contributed by atoms with Crippen LogP contribution in [0.5, 0.6) is 0 Å². The van der Waals surface area contributed by atoms with Crippen molar-refractivity contribution in [1.82, 2.24) is 15.1 Å². The first-order valence-corrected chi connectivity index (χ1v) is 9.40. The minimum atomic E-state index is -0.250. The van der Waals surface area contributed by atoms with Crippen LogP contribution in [0.15, 0.2) is 0 Å². The first-order valence-electron chi connectivity index (χ1n) is 9.40. The summed E-state index contributed by atoms with van der Waals surface area (Å²) in [5.74, 6) is 0.779. The molecule has 3 fully saturated rings. The van der Waals surface area contributed by atoms with E-state index in [0.717, 1.165) is 45.4 Å². The predicted octanol–water partition coefficient (Wildman–Crippen LogP) is 1.08. The zero-order chi connectivity index (χ0) is 18.3. The highest BCUT2D eigenvalue weighted by atomic mass is 16.3. The van der Waals surface area contributed by atoms with Gasteiger partial charge in [0, 0.05) is 26.6 Å². The predicted molar refractivity (Wildman–Crippen MR) is 94.1 cm³/mol. The van der Waals surface area contributed by atoms with Gasteiger partial charge >= 0.3 is 0 Å². The van der Waals surface area contributed by atoms with Crippen LogP contribution in [0.25, 0.3) is 0 Å². The highest BCUT2D eigenvalue weighted by molar-refractivity contribution is 5.87. The highest BCUT2D eigenvalue weighted by Crippen LogP contribution is 2.40. The van der Waals surface area contributed by atoms with Crippen LogP contribution in [0.1, 0.15) is 51.4 Å². The molecule has 2 aliphatic heterocycles. The van der Waals surface area contributed by atoms with Crippen molar-refractivity contribution in [3.8, 4) is 0 Å². The molecule has 0 radical (unpaired) electrons. The van der Waals surface area contributed by atoms with Crippen molar-refractivity contribution in [3.63, 3.8) is 0 Å². The Bertz CT molecular complexity index is 471. The molecule has 0 aromatic heterocycles. The van der Waals surface area contributed by atoms with Crippen LogP contribution in [0.3, 0.4) is 0 Å². The van der Waals surface area contributed by atoms with Crippen LogP contribution < -0.4 is 5.32 Å². The third-order valence-electron chi connectivity index (χ3n) is 5.87.